The Hall–Kier alpha value is -2.01. The highest BCUT2D eigenvalue weighted by Crippen LogP contribution is 2.33. The number of aromatic nitrogens is 2. The van der Waals surface area contributed by atoms with E-state index in [1.165, 1.54) is 4.68 Å². The molecule has 0 saturated heterocycles. The van der Waals surface area contributed by atoms with Gasteiger partial charge in [0, 0.05) is 10.0 Å². The molecule has 2 aromatic carbocycles. The minimum absolute atomic E-state index is 0.272. The predicted molar refractivity (Wildman–Crippen MR) is 95.2 cm³/mol. The van der Waals surface area contributed by atoms with Gasteiger partial charge in [0.1, 0.15) is 5.75 Å². The number of rotatable bonds is 4. The fraction of sp³-hybridized carbons (Fsp3) is 0.0588. The first-order valence-corrected chi connectivity index (χ1v) is 8.06. The molecule has 0 amide bonds. The van der Waals surface area contributed by atoms with Crippen LogP contribution in [0.4, 0.5) is 0 Å². The van der Waals surface area contributed by atoms with Gasteiger partial charge in [-0.25, -0.2) is 0 Å². The lowest BCUT2D eigenvalue weighted by molar-refractivity contribution is 0.112. The highest BCUT2D eigenvalue weighted by atomic mass is 35.5. The summed E-state index contributed by atoms with van der Waals surface area (Å²) in [5.41, 5.74) is 1.43. The molecule has 0 bridgehead atoms. The average molecular weight is 382 g/mol. The van der Waals surface area contributed by atoms with Gasteiger partial charge in [-0.15, -0.1) is 0 Å². The minimum Gasteiger partial charge on any atom is -0.438 e. The summed E-state index contributed by atoms with van der Waals surface area (Å²) in [6.07, 6.45) is 0.702. The van der Waals surface area contributed by atoms with Crippen LogP contribution in [0.3, 0.4) is 0 Å². The van der Waals surface area contributed by atoms with E-state index >= 15 is 0 Å². The Kier molecular flexibility index (Phi) is 4.81. The Labute approximate surface area is 153 Å². The molecular formula is C17H11Cl3N2O2. The molecule has 3 rings (SSSR count). The minimum atomic E-state index is 0.272. The number of aldehydes is 1. The Morgan fingerprint density at radius 1 is 1.04 bits per heavy atom. The van der Waals surface area contributed by atoms with Crippen molar-refractivity contribution >= 4 is 41.1 Å². The van der Waals surface area contributed by atoms with Gasteiger partial charge in [0.05, 0.1) is 22.0 Å². The van der Waals surface area contributed by atoms with Gasteiger partial charge in [0.25, 0.3) is 0 Å². The summed E-state index contributed by atoms with van der Waals surface area (Å²) in [5, 5.41) is 5.84. The Morgan fingerprint density at radius 3 is 2.33 bits per heavy atom. The molecule has 0 aliphatic rings. The van der Waals surface area contributed by atoms with E-state index in [1.54, 1.807) is 49.4 Å². The smallest absolute Gasteiger partial charge is 0.233 e. The van der Waals surface area contributed by atoms with E-state index in [1.807, 2.05) is 0 Å². The van der Waals surface area contributed by atoms with Crippen LogP contribution in [0.25, 0.3) is 5.69 Å². The molecule has 3 aromatic rings. The molecule has 0 N–H and O–H groups in total. The summed E-state index contributed by atoms with van der Waals surface area (Å²) in [5.74, 6) is 0.794. The fourth-order valence-electron chi connectivity index (χ4n) is 2.18. The van der Waals surface area contributed by atoms with Crippen LogP contribution in [0.1, 0.15) is 16.1 Å². The molecule has 0 fully saturated rings. The van der Waals surface area contributed by atoms with Crippen molar-refractivity contribution in [2.24, 2.45) is 0 Å². The van der Waals surface area contributed by atoms with Crippen molar-refractivity contribution in [1.82, 2.24) is 9.78 Å². The van der Waals surface area contributed by atoms with Crippen LogP contribution < -0.4 is 4.74 Å². The number of benzene rings is 2. The van der Waals surface area contributed by atoms with Crippen LogP contribution >= 0.6 is 34.8 Å². The van der Waals surface area contributed by atoms with Gasteiger partial charge in [-0.2, -0.15) is 9.78 Å². The third-order valence-corrected chi connectivity index (χ3v) is 4.14. The molecule has 0 saturated carbocycles. The molecule has 0 spiro atoms. The van der Waals surface area contributed by atoms with Gasteiger partial charge in [0.2, 0.25) is 5.88 Å². The molecule has 0 radical (unpaired) electrons. The molecule has 0 aliphatic heterocycles. The molecular weight excluding hydrogens is 371 g/mol. The van der Waals surface area contributed by atoms with E-state index in [0.717, 1.165) is 0 Å². The summed E-state index contributed by atoms with van der Waals surface area (Å²) in [6, 6.07) is 11.8. The van der Waals surface area contributed by atoms with Crippen molar-refractivity contribution in [3.63, 3.8) is 0 Å². The number of nitrogens with zero attached hydrogens (tertiary/aromatic N) is 2. The Morgan fingerprint density at radius 2 is 1.71 bits per heavy atom. The van der Waals surface area contributed by atoms with Gasteiger partial charge in [-0.1, -0.05) is 34.8 Å². The largest absolute Gasteiger partial charge is 0.438 e. The number of halogens is 3. The topological polar surface area (TPSA) is 44.1 Å². The first kappa shape index (κ1) is 16.8. The fourth-order valence-corrected chi connectivity index (χ4v) is 2.80. The number of hydrogen-bond acceptors (Lipinski definition) is 3. The highest BCUT2D eigenvalue weighted by Gasteiger charge is 2.20. The van der Waals surface area contributed by atoms with Gasteiger partial charge in [-0.05, 0) is 49.4 Å². The van der Waals surface area contributed by atoms with Crippen molar-refractivity contribution in [2.75, 3.05) is 0 Å². The van der Waals surface area contributed by atoms with E-state index in [4.69, 9.17) is 39.5 Å². The Balaban J connectivity index is 2.13. The number of carbonyl (C=O) groups is 1. The van der Waals surface area contributed by atoms with Crippen molar-refractivity contribution in [3.05, 3.63) is 68.8 Å². The first-order chi connectivity index (χ1) is 11.5. The lowest BCUT2D eigenvalue weighted by atomic mass is 10.2. The standard InChI is InChI=1S/C17H11Cl3N2O2/c1-10-14(9-23)17(24-13-5-2-11(18)3-6-13)22(21-10)16-7-4-12(19)8-15(16)20/h2-9H,1H3. The maximum atomic E-state index is 11.5. The normalized spacial score (nSPS) is 10.7. The van der Waals surface area contributed by atoms with Crippen LogP contribution in [0, 0.1) is 6.92 Å². The van der Waals surface area contributed by atoms with E-state index in [0.29, 0.717) is 44.0 Å². The summed E-state index contributed by atoms with van der Waals surface area (Å²) in [4.78, 5) is 11.5. The molecule has 122 valence electrons. The second-order valence-electron chi connectivity index (χ2n) is 4.99. The maximum Gasteiger partial charge on any atom is 0.233 e. The molecule has 1 heterocycles. The molecule has 0 unspecified atom stereocenters. The third-order valence-electron chi connectivity index (χ3n) is 3.35. The lowest BCUT2D eigenvalue weighted by Crippen LogP contribution is -2.01. The van der Waals surface area contributed by atoms with Crippen LogP contribution in [0.5, 0.6) is 11.6 Å². The highest BCUT2D eigenvalue weighted by molar-refractivity contribution is 6.35. The van der Waals surface area contributed by atoms with Gasteiger partial charge >= 0.3 is 0 Å². The van der Waals surface area contributed by atoms with E-state index in [9.17, 15) is 4.79 Å². The van der Waals surface area contributed by atoms with Crippen LogP contribution in [-0.2, 0) is 0 Å². The molecule has 1 aromatic heterocycles. The first-order valence-electron chi connectivity index (χ1n) is 6.93. The molecule has 7 heteroatoms. The second kappa shape index (κ2) is 6.85. The predicted octanol–water partition coefficient (Wildman–Crippen LogP) is 5.75. The lowest BCUT2D eigenvalue weighted by Gasteiger charge is -2.11. The van der Waals surface area contributed by atoms with Crippen molar-refractivity contribution < 1.29 is 9.53 Å². The number of aryl methyl sites for hydroxylation is 1. The SMILES string of the molecule is Cc1nn(-c2ccc(Cl)cc2Cl)c(Oc2ccc(Cl)cc2)c1C=O. The quantitative estimate of drug-likeness (QED) is 0.541. The zero-order valence-electron chi connectivity index (χ0n) is 12.5. The maximum absolute atomic E-state index is 11.5. The zero-order chi connectivity index (χ0) is 17.3. The van der Waals surface area contributed by atoms with E-state index in [2.05, 4.69) is 5.10 Å². The van der Waals surface area contributed by atoms with Crippen LogP contribution in [-0.4, -0.2) is 16.1 Å². The summed E-state index contributed by atoms with van der Waals surface area (Å²) in [6.45, 7) is 1.72. The molecule has 4 nitrogen and oxygen atoms in total. The second-order valence-corrected chi connectivity index (χ2v) is 6.27. The van der Waals surface area contributed by atoms with Gasteiger partial charge in [0.15, 0.2) is 6.29 Å². The molecule has 0 aliphatic carbocycles. The monoisotopic (exact) mass is 380 g/mol. The summed E-state index contributed by atoms with van der Waals surface area (Å²) >= 11 is 18.1. The Bertz CT molecular complexity index is 905. The average Bonchev–Trinajstić information content (AvgIpc) is 2.85. The number of ether oxygens (including phenoxy) is 1. The van der Waals surface area contributed by atoms with Crippen molar-refractivity contribution in [1.29, 1.82) is 0 Å². The summed E-state index contributed by atoms with van der Waals surface area (Å²) < 4.78 is 7.34. The van der Waals surface area contributed by atoms with Crippen LogP contribution in [0.2, 0.25) is 15.1 Å². The zero-order valence-corrected chi connectivity index (χ0v) is 14.7. The van der Waals surface area contributed by atoms with E-state index in [-0.39, 0.29) is 5.88 Å². The number of carbonyl (C=O) groups excluding carboxylic acids is 1. The molecule has 0 atom stereocenters. The van der Waals surface area contributed by atoms with Gasteiger partial charge < -0.3 is 4.74 Å². The van der Waals surface area contributed by atoms with E-state index < -0.39 is 0 Å². The summed E-state index contributed by atoms with van der Waals surface area (Å²) in [7, 11) is 0. The van der Waals surface area contributed by atoms with Crippen molar-refractivity contribution in [3.8, 4) is 17.3 Å². The van der Waals surface area contributed by atoms with Crippen LogP contribution in [0.15, 0.2) is 42.5 Å². The van der Waals surface area contributed by atoms with Crippen molar-refractivity contribution in [2.45, 2.75) is 6.92 Å². The molecule has 24 heavy (non-hydrogen) atoms. The third kappa shape index (κ3) is 3.26. The number of hydrogen-bond donors (Lipinski definition) is 0. The van der Waals surface area contributed by atoms with Gasteiger partial charge in [-0.3, -0.25) is 4.79 Å².